The number of hydrogen-bond donors (Lipinski definition) is 0. The van der Waals surface area contributed by atoms with Gasteiger partial charge in [-0.05, 0) is 92.3 Å². The first kappa shape index (κ1) is 28.3. The summed E-state index contributed by atoms with van der Waals surface area (Å²) in [7, 11) is 0. The van der Waals surface area contributed by atoms with Crippen LogP contribution in [0, 0.1) is 0 Å². The first-order chi connectivity index (χ1) is 24.8. The summed E-state index contributed by atoms with van der Waals surface area (Å²) >= 11 is 0. The van der Waals surface area contributed by atoms with E-state index in [1.807, 2.05) is 12.3 Å². The van der Waals surface area contributed by atoms with E-state index in [9.17, 15) is 0 Å². The van der Waals surface area contributed by atoms with E-state index in [-0.39, 0.29) is 0 Å². The predicted octanol–water partition coefficient (Wildman–Crippen LogP) is 13.2. The minimum Gasteiger partial charge on any atom is -0.454 e. The van der Waals surface area contributed by atoms with Gasteiger partial charge in [0.15, 0.2) is 5.58 Å². The van der Waals surface area contributed by atoms with E-state index in [4.69, 9.17) is 9.40 Å². The average Bonchev–Trinajstić information content (AvgIpc) is 3.58. The molecule has 3 heteroatoms. The summed E-state index contributed by atoms with van der Waals surface area (Å²) in [5, 5.41) is 8.11. The lowest BCUT2D eigenvalue weighted by atomic mass is 9.97. The molecule has 0 spiro atoms. The van der Waals surface area contributed by atoms with Crippen LogP contribution >= 0.6 is 0 Å². The van der Waals surface area contributed by atoms with Crippen molar-refractivity contribution in [3.8, 4) is 22.3 Å². The van der Waals surface area contributed by atoms with Crippen molar-refractivity contribution in [2.75, 3.05) is 4.90 Å². The molecule has 10 aromatic rings. The van der Waals surface area contributed by atoms with Gasteiger partial charge in [0.1, 0.15) is 11.1 Å². The fourth-order valence-corrected chi connectivity index (χ4v) is 7.57. The van der Waals surface area contributed by atoms with Crippen molar-refractivity contribution < 1.29 is 4.42 Å². The molecule has 8 aromatic carbocycles. The maximum absolute atomic E-state index is 6.60. The quantitative estimate of drug-likeness (QED) is 0.188. The van der Waals surface area contributed by atoms with Crippen molar-refractivity contribution in [1.82, 2.24) is 4.98 Å². The van der Waals surface area contributed by atoms with Crippen LogP contribution in [-0.4, -0.2) is 4.98 Å². The van der Waals surface area contributed by atoms with E-state index in [2.05, 4.69) is 175 Å². The molecule has 0 saturated heterocycles. The Labute approximate surface area is 289 Å². The number of nitrogens with zero attached hydrogens (tertiary/aromatic N) is 2. The van der Waals surface area contributed by atoms with Gasteiger partial charge in [-0.2, -0.15) is 0 Å². The van der Waals surface area contributed by atoms with Gasteiger partial charge < -0.3 is 9.32 Å². The Bertz CT molecular complexity index is 2870. The second-order valence-corrected chi connectivity index (χ2v) is 12.8. The number of anilines is 3. The molecule has 50 heavy (non-hydrogen) atoms. The zero-order valence-corrected chi connectivity index (χ0v) is 27.1. The van der Waals surface area contributed by atoms with E-state index in [0.29, 0.717) is 0 Å². The topological polar surface area (TPSA) is 29.3 Å². The van der Waals surface area contributed by atoms with Crippen LogP contribution in [0.2, 0.25) is 0 Å². The van der Waals surface area contributed by atoms with Gasteiger partial charge in [0.05, 0.1) is 11.1 Å². The summed E-state index contributed by atoms with van der Waals surface area (Å²) in [6, 6.07) is 62.8. The van der Waals surface area contributed by atoms with Crippen molar-refractivity contribution >= 4 is 71.4 Å². The summed E-state index contributed by atoms with van der Waals surface area (Å²) in [5.74, 6) is 0. The molecule has 10 rings (SSSR count). The molecule has 2 aromatic heterocycles. The van der Waals surface area contributed by atoms with Crippen LogP contribution in [0.5, 0.6) is 0 Å². The van der Waals surface area contributed by atoms with Gasteiger partial charge in [0, 0.05) is 28.3 Å². The van der Waals surface area contributed by atoms with Crippen molar-refractivity contribution in [3.63, 3.8) is 0 Å². The molecule has 3 nitrogen and oxygen atoms in total. The van der Waals surface area contributed by atoms with Gasteiger partial charge in [-0.3, -0.25) is 4.98 Å². The minimum atomic E-state index is 0.807. The number of hydrogen-bond acceptors (Lipinski definition) is 3. The average molecular weight is 639 g/mol. The zero-order chi connectivity index (χ0) is 33.0. The van der Waals surface area contributed by atoms with Crippen molar-refractivity contribution in [3.05, 3.63) is 182 Å². The van der Waals surface area contributed by atoms with Crippen LogP contribution in [0.15, 0.2) is 187 Å². The Balaban J connectivity index is 1.20. The second-order valence-electron chi connectivity index (χ2n) is 12.8. The number of aromatic nitrogens is 1. The first-order valence-corrected chi connectivity index (χ1v) is 17.0. The molecule has 2 heterocycles. The van der Waals surface area contributed by atoms with Crippen LogP contribution in [0.1, 0.15) is 0 Å². The Morgan fingerprint density at radius 2 is 1.10 bits per heavy atom. The van der Waals surface area contributed by atoms with Gasteiger partial charge in [-0.1, -0.05) is 127 Å². The Hall–Kier alpha value is -6.71. The highest BCUT2D eigenvalue weighted by Crippen LogP contribution is 2.45. The number of furan rings is 1. The van der Waals surface area contributed by atoms with Gasteiger partial charge in [0.25, 0.3) is 0 Å². The second kappa shape index (κ2) is 11.5. The third-order valence-electron chi connectivity index (χ3n) is 9.89. The van der Waals surface area contributed by atoms with E-state index >= 15 is 0 Å². The smallest absolute Gasteiger partial charge is 0.161 e. The third kappa shape index (κ3) is 4.56. The standard InChI is InChI=1S/C47H30N2O/c1-3-17-38-31(10-1)12-6-19-40(38)33-23-26-36(27-24-33)49(37-16-5-14-35(30-37)41-20-7-13-32-11-2-4-18-39(32)41)43-21-8-22-44-45(43)42-28-25-34-15-9-29-48-46(34)47(42)50-44/h1-30H. The van der Waals surface area contributed by atoms with Gasteiger partial charge in [0.2, 0.25) is 0 Å². The molecule has 234 valence electrons. The summed E-state index contributed by atoms with van der Waals surface area (Å²) in [6.45, 7) is 0. The molecule has 0 radical (unpaired) electrons. The number of fused-ring (bicyclic) bond motifs is 7. The molecule has 0 unspecified atom stereocenters. The molecule has 0 atom stereocenters. The fraction of sp³-hybridized carbons (Fsp3) is 0. The van der Waals surface area contributed by atoms with Gasteiger partial charge >= 0.3 is 0 Å². The van der Waals surface area contributed by atoms with Crippen LogP contribution in [0.4, 0.5) is 17.1 Å². The monoisotopic (exact) mass is 638 g/mol. The summed E-state index contributed by atoms with van der Waals surface area (Å²) in [6.07, 6.45) is 1.83. The normalized spacial score (nSPS) is 11.6. The molecule has 0 aliphatic heterocycles. The Morgan fingerprint density at radius 3 is 1.88 bits per heavy atom. The zero-order valence-electron chi connectivity index (χ0n) is 27.1. The number of pyridine rings is 1. The lowest BCUT2D eigenvalue weighted by Gasteiger charge is -2.27. The highest BCUT2D eigenvalue weighted by molar-refractivity contribution is 6.19. The first-order valence-electron chi connectivity index (χ1n) is 17.0. The maximum atomic E-state index is 6.60. The van der Waals surface area contributed by atoms with E-state index in [1.165, 1.54) is 38.2 Å². The molecule has 0 saturated carbocycles. The van der Waals surface area contributed by atoms with E-state index in [1.54, 1.807) is 0 Å². The fourth-order valence-electron chi connectivity index (χ4n) is 7.57. The molecule has 0 fully saturated rings. The van der Waals surface area contributed by atoms with Crippen molar-refractivity contribution in [2.24, 2.45) is 0 Å². The molecule has 0 amide bonds. The minimum absolute atomic E-state index is 0.807. The van der Waals surface area contributed by atoms with Crippen LogP contribution in [0.25, 0.3) is 76.6 Å². The molecule has 0 bridgehead atoms. The van der Waals surface area contributed by atoms with Crippen LogP contribution in [-0.2, 0) is 0 Å². The Kier molecular flexibility index (Phi) is 6.49. The lowest BCUT2D eigenvalue weighted by Crippen LogP contribution is -2.10. The van der Waals surface area contributed by atoms with Gasteiger partial charge in [-0.25, -0.2) is 0 Å². The molecule has 0 N–H and O–H groups in total. The third-order valence-corrected chi connectivity index (χ3v) is 9.89. The van der Waals surface area contributed by atoms with Crippen molar-refractivity contribution in [2.45, 2.75) is 0 Å². The summed E-state index contributed by atoms with van der Waals surface area (Å²) in [5.41, 5.74) is 10.5. The molecular weight excluding hydrogens is 609 g/mol. The predicted molar refractivity (Wildman–Crippen MR) is 210 cm³/mol. The summed E-state index contributed by atoms with van der Waals surface area (Å²) in [4.78, 5) is 7.08. The van der Waals surface area contributed by atoms with Crippen LogP contribution < -0.4 is 4.90 Å². The Morgan fingerprint density at radius 1 is 0.440 bits per heavy atom. The number of benzene rings is 8. The highest BCUT2D eigenvalue weighted by Gasteiger charge is 2.21. The maximum Gasteiger partial charge on any atom is 0.161 e. The SMILES string of the molecule is c1cc(-c2cccc3ccccc23)cc(N(c2ccc(-c3cccc4ccccc34)cc2)c2cccc3oc4c(ccc5cccnc54)c23)c1. The highest BCUT2D eigenvalue weighted by atomic mass is 16.3. The van der Waals surface area contributed by atoms with Crippen molar-refractivity contribution in [1.29, 1.82) is 0 Å². The van der Waals surface area contributed by atoms with E-state index < -0.39 is 0 Å². The molecular formula is C47H30N2O. The number of rotatable bonds is 5. The lowest BCUT2D eigenvalue weighted by molar-refractivity contribution is 0.671. The van der Waals surface area contributed by atoms with Crippen LogP contribution in [0.3, 0.4) is 0 Å². The largest absolute Gasteiger partial charge is 0.454 e. The van der Waals surface area contributed by atoms with Gasteiger partial charge in [-0.15, -0.1) is 0 Å². The van der Waals surface area contributed by atoms with E-state index in [0.717, 1.165) is 55.5 Å². The molecule has 0 aliphatic rings. The summed E-state index contributed by atoms with van der Waals surface area (Å²) < 4.78 is 6.60. The molecule has 0 aliphatic carbocycles.